The van der Waals surface area contributed by atoms with E-state index in [9.17, 15) is 9.18 Å². The molecule has 1 N–H and O–H groups in total. The van der Waals surface area contributed by atoms with E-state index in [1.807, 2.05) is 53.2 Å². The number of benzene rings is 2. The highest BCUT2D eigenvalue weighted by molar-refractivity contribution is 5.91. The van der Waals surface area contributed by atoms with Crippen LogP contribution in [0.4, 0.5) is 10.1 Å². The van der Waals surface area contributed by atoms with Crippen molar-refractivity contribution >= 4 is 17.2 Å². The van der Waals surface area contributed by atoms with Crippen molar-refractivity contribution in [2.24, 2.45) is 0 Å². The van der Waals surface area contributed by atoms with Gasteiger partial charge in [-0.05, 0) is 48.4 Å². The lowest BCUT2D eigenvalue weighted by Gasteiger charge is -2.08. The Labute approximate surface area is 167 Å². The van der Waals surface area contributed by atoms with Gasteiger partial charge in [-0.2, -0.15) is 0 Å². The highest BCUT2D eigenvalue weighted by Gasteiger charge is 2.06. The first-order chi connectivity index (χ1) is 14.2. The summed E-state index contributed by atoms with van der Waals surface area (Å²) in [5, 5.41) is 2.87. The van der Waals surface area contributed by atoms with Crippen molar-refractivity contribution in [1.29, 1.82) is 0 Å². The molecular weight excluding hydrogens is 369 g/mol. The number of nitrogens with zero attached hydrogens (tertiary/aromatic N) is 2. The first kappa shape index (κ1) is 18.7. The molecule has 146 valence electrons. The van der Waals surface area contributed by atoms with Crippen molar-refractivity contribution in [2.45, 2.75) is 19.4 Å². The molecule has 2 aromatic carbocycles. The number of aryl methyl sites for hydroxylation is 1. The van der Waals surface area contributed by atoms with Crippen molar-refractivity contribution in [1.82, 2.24) is 9.38 Å². The second-order valence-corrected chi connectivity index (χ2v) is 6.69. The van der Waals surface area contributed by atoms with Gasteiger partial charge in [-0.15, -0.1) is 0 Å². The number of halogens is 1. The number of pyridine rings is 1. The van der Waals surface area contributed by atoms with Crippen LogP contribution in [0.2, 0.25) is 0 Å². The standard InChI is InChI=1S/C23H20FN3O2/c24-18-10-7-17(8-11-18)9-12-23(28)26-19-4-3-5-21(14-19)29-16-20-15-27-13-2-1-6-22(27)25-20/h1-8,10-11,13-15H,9,12,16H2,(H,26,28). The Bertz CT molecular complexity index is 1090. The number of hydrogen-bond acceptors (Lipinski definition) is 3. The summed E-state index contributed by atoms with van der Waals surface area (Å²) in [6.45, 7) is 0.337. The SMILES string of the molecule is O=C(CCc1ccc(F)cc1)Nc1cccc(OCc2cn3ccccc3n2)c1. The van der Waals surface area contributed by atoms with Crippen LogP contribution in [-0.2, 0) is 17.8 Å². The maximum absolute atomic E-state index is 12.9. The molecule has 0 atom stereocenters. The minimum atomic E-state index is -0.279. The molecule has 2 heterocycles. The average Bonchev–Trinajstić information content (AvgIpc) is 3.15. The van der Waals surface area contributed by atoms with Gasteiger partial charge in [0.05, 0.1) is 5.69 Å². The molecule has 0 bridgehead atoms. The molecule has 29 heavy (non-hydrogen) atoms. The van der Waals surface area contributed by atoms with Gasteiger partial charge in [-0.1, -0.05) is 24.3 Å². The fourth-order valence-corrected chi connectivity index (χ4v) is 3.01. The van der Waals surface area contributed by atoms with E-state index < -0.39 is 0 Å². The van der Waals surface area contributed by atoms with E-state index >= 15 is 0 Å². The molecule has 2 aromatic heterocycles. The van der Waals surface area contributed by atoms with E-state index in [4.69, 9.17) is 4.74 Å². The van der Waals surface area contributed by atoms with Crippen LogP contribution in [0, 0.1) is 5.82 Å². The van der Waals surface area contributed by atoms with Crippen molar-refractivity contribution < 1.29 is 13.9 Å². The van der Waals surface area contributed by atoms with Crippen LogP contribution in [0.25, 0.3) is 5.65 Å². The number of aromatic nitrogens is 2. The summed E-state index contributed by atoms with van der Waals surface area (Å²) < 4.78 is 20.7. The minimum Gasteiger partial charge on any atom is -0.487 e. The van der Waals surface area contributed by atoms with Gasteiger partial charge in [0.2, 0.25) is 5.91 Å². The van der Waals surface area contributed by atoms with E-state index in [1.165, 1.54) is 12.1 Å². The van der Waals surface area contributed by atoms with E-state index in [-0.39, 0.29) is 11.7 Å². The Kier molecular flexibility index (Phi) is 5.52. The largest absolute Gasteiger partial charge is 0.487 e. The molecule has 0 radical (unpaired) electrons. The molecule has 0 fully saturated rings. The molecule has 0 saturated heterocycles. The van der Waals surface area contributed by atoms with E-state index in [1.54, 1.807) is 18.2 Å². The Morgan fingerprint density at radius 1 is 1.07 bits per heavy atom. The number of fused-ring (bicyclic) bond motifs is 1. The summed E-state index contributed by atoms with van der Waals surface area (Å²) in [5.41, 5.74) is 3.28. The first-order valence-electron chi connectivity index (χ1n) is 9.35. The molecule has 0 unspecified atom stereocenters. The maximum Gasteiger partial charge on any atom is 0.224 e. The average molecular weight is 389 g/mol. The number of nitrogens with one attached hydrogen (secondary N) is 1. The van der Waals surface area contributed by atoms with Crippen molar-refractivity contribution in [2.75, 3.05) is 5.32 Å². The summed E-state index contributed by atoms with van der Waals surface area (Å²) in [7, 11) is 0. The van der Waals surface area contributed by atoms with Gasteiger partial charge in [-0.3, -0.25) is 4.79 Å². The predicted octanol–water partition coefficient (Wildman–Crippen LogP) is 4.62. The molecule has 0 aliphatic heterocycles. The smallest absolute Gasteiger partial charge is 0.224 e. The zero-order chi connectivity index (χ0) is 20.1. The van der Waals surface area contributed by atoms with Gasteiger partial charge in [0.25, 0.3) is 0 Å². The highest BCUT2D eigenvalue weighted by Crippen LogP contribution is 2.19. The quantitative estimate of drug-likeness (QED) is 0.502. The molecule has 5 nitrogen and oxygen atoms in total. The van der Waals surface area contributed by atoms with E-state index in [0.29, 0.717) is 30.9 Å². The van der Waals surface area contributed by atoms with Crippen molar-refractivity contribution in [3.8, 4) is 5.75 Å². The van der Waals surface area contributed by atoms with Gasteiger partial charge in [0, 0.05) is 30.6 Å². The van der Waals surface area contributed by atoms with Crippen LogP contribution >= 0.6 is 0 Å². The van der Waals surface area contributed by atoms with Gasteiger partial charge in [0.1, 0.15) is 23.8 Å². The van der Waals surface area contributed by atoms with Crippen molar-refractivity contribution in [3.05, 3.63) is 96.2 Å². The number of rotatable bonds is 7. The van der Waals surface area contributed by atoms with E-state index in [2.05, 4.69) is 10.3 Å². The second-order valence-electron chi connectivity index (χ2n) is 6.69. The fourth-order valence-electron chi connectivity index (χ4n) is 3.01. The highest BCUT2D eigenvalue weighted by atomic mass is 19.1. The fraction of sp³-hybridized carbons (Fsp3) is 0.130. The van der Waals surface area contributed by atoms with Crippen LogP contribution in [0.5, 0.6) is 5.75 Å². The van der Waals surface area contributed by atoms with Gasteiger partial charge in [0.15, 0.2) is 0 Å². The van der Waals surface area contributed by atoms with Crippen LogP contribution in [-0.4, -0.2) is 15.3 Å². The number of carbonyl (C=O) groups excluding carboxylic acids is 1. The van der Waals surface area contributed by atoms with Crippen LogP contribution < -0.4 is 10.1 Å². The Morgan fingerprint density at radius 3 is 2.76 bits per heavy atom. The molecule has 0 aliphatic carbocycles. The van der Waals surface area contributed by atoms with Crippen LogP contribution in [0.1, 0.15) is 17.7 Å². The molecule has 0 aliphatic rings. The maximum atomic E-state index is 12.9. The lowest BCUT2D eigenvalue weighted by Crippen LogP contribution is -2.12. The molecule has 6 heteroatoms. The molecular formula is C23H20FN3O2. The van der Waals surface area contributed by atoms with Gasteiger partial charge in [-0.25, -0.2) is 9.37 Å². The number of imidazole rings is 1. The molecule has 0 spiro atoms. The summed E-state index contributed by atoms with van der Waals surface area (Å²) in [4.78, 5) is 16.7. The zero-order valence-corrected chi connectivity index (χ0v) is 15.7. The predicted molar refractivity (Wildman–Crippen MR) is 109 cm³/mol. The Balaban J connectivity index is 1.31. The molecule has 4 rings (SSSR count). The monoisotopic (exact) mass is 389 g/mol. The van der Waals surface area contributed by atoms with Gasteiger partial charge >= 0.3 is 0 Å². The molecule has 0 saturated carbocycles. The lowest BCUT2D eigenvalue weighted by molar-refractivity contribution is -0.116. The van der Waals surface area contributed by atoms with Crippen molar-refractivity contribution in [3.63, 3.8) is 0 Å². The Morgan fingerprint density at radius 2 is 1.93 bits per heavy atom. The summed E-state index contributed by atoms with van der Waals surface area (Å²) >= 11 is 0. The normalized spacial score (nSPS) is 10.8. The third-order valence-electron chi connectivity index (χ3n) is 4.47. The van der Waals surface area contributed by atoms with Gasteiger partial charge < -0.3 is 14.5 Å². The number of amides is 1. The molecule has 4 aromatic rings. The first-order valence-corrected chi connectivity index (χ1v) is 9.35. The second kappa shape index (κ2) is 8.56. The van der Waals surface area contributed by atoms with E-state index in [0.717, 1.165) is 16.9 Å². The van der Waals surface area contributed by atoms with Crippen LogP contribution in [0.3, 0.4) is 0 Å². The summed E-state index contributed by atoms with van der Waals surface area (Å²) in [5.74, 6) is 0.267. The molecule has 1 amide bonds. The Hall–Kier alpha value is -3.67. The third-order valence-corrected chi connectivity index (χ3v) is 4.47. The topological polar surface area (TPSA) is 55.6 Å². The number of hydrogen-bond donors (Lipinski definition) is 1. The van der Waals surface area contributed by atoms with Crippen LogP contribution in [0.15, 0.2) is 79.1 Å². The zero-order valence-electron chi connectivity index (χ0n) is 15.7. The third kappa shape index (κ3) is 4.99. The number of ether oxygens (including phenoxy) is 1. The minimum absolute atomic E-state index is 0.105. The summed E-state index contributed by atoms with van der Waals surface area (Å²) in [6, 6.07) is 19.3. The summed E-state index contributed by atoms with van der Waals surface area (Å²) in [6.07, 6.45) is 4.73. The number of anilines is 1. The number of carbonyl (C=O) groups is 1. The lowest BCUT2D eigenvalue weighted by atomic mass is 10.1.